The third-order valence-electron chi connectivity index (χ3n) is 9.05. The summed E-state index contributed by atoms with van der Waals surface area (Å²) in [5, 5.41) is 14.6. The van der Waals surface area contributed by atoms with Gasteiger partial charge in [0.2, 0.25) is 0 Å². The van der Waals surface area contributed by atoms with Gasteiger partial charge in [-0.05, 0) is 88.2 Å². The summed E-state index contributed by atoms with van der Waals surface area (Å²) in [4.78, 5) is 2.34. The number of unbranched alkanes of at least 4 members (excludes halogenated alkanes) is 3. The van der Waals surface area contributed by atoms with Crippen molar-refractivity contribution >= 4 is 5.57 Å². The van der Waals surface area contributed by atoms with E-state index in [9.17, 15) is 13.2 Å². The molecule has 1 aromatic rings. The molecule has 3 aliphatic rings. The van der Waals surface area contributed by atoms with Crippen molar-refractivity contribution in [2.24, 2.45) is 5.41 Å². The molecule has 0 amide bonds. The molecule has 0 aromatic heterocycles. The first-order valence-corrected chi connectivity index (χ1v) is 21.3. The molecule has 1 aromatic carbocycles. The summed E-state index contributed by atoms with van der Waals surface area (Å²) >= 11 is 0. The minimum Gasteiger partial charge on any atom is -0.379 e. The lowest BCUT2D eigenvalue weighted by Gasteiger charge is -2.37. The van der Waals surface area contributed by atoms with Crippen molar-refractivity contribution in [3.05, 3.63) is 89.8 Å². The number of benzene rings is 1. The predicted molar refractivity (Wildman–Crippen MR) is 241 cm³/mol. The molecule has 0 radical (unpaired) electrons. The fraction of sp³-hybridized carbons (Fsp3) is 0.612. The van der Waals surface area contributed by atoms with Crippen LogP contribution in [0.25, 0.3) is 5.57 Å². The summed E-state index contributed by atoms with van der Waals surface area (Å²) in [5.74, 6) is 0. The second-order valence-corrected chi connectivity index (χ2v) is 14.2. The highest BCUT2D eigenvalue weighted by Crippen LogP contribution is 2.54. The van der Waals surface area contributed by atoms with Crippen molar-refractivity contribution < 1.29 is 13.2 Å². The van der Waals surface area contributed by atoms with Crippen LogP contribution in [0.1, 0.15) is 157 Å². The average molecular weight is 783 g/mol. The normalized spacial score (nSPS) is 16.1. The van der Waals surface area contributed by atoms with Gasteiger partial charge in [-0.25, -0.2) is 0 Å². The minimum atomic E-state index is -4.27. The number of alkyl halides is 3. The smallest absolute Gasteiger partial charge is 0.379 e. The van der Waals surface area contributed by atoms with Gasteiger partial charge in [0.25, 0.3) is 0 Å². The SMILES string of the molecule is C#C.C=C(CC(C)(C)C#N)N1CCCCC1.C=C(NCC(F)(F)F)C1(CCCCC)C2=C(C=CC=CC2)c2ccccc21.CC.CC.CCC.CCCCNC. The molecule has 0 bridgehead atoms. The molecule has 1 fully saturated rings. The van der Waals surface area contributed by atoms with Crippen LogP contribution in [-0.4, -0.2) is 44.3 Å². The molecule has 0 spiro atoms. The van der Waals surface area contributed by atoms with Gasteiger partial charge in [0.05, 0.1) is 16.9 Å². The summed E-state index contributed by atoms with van der Waals surface area (Å²) < 4.78 is 38.7. The van der Waals surface area contributed by atoms with Crippen LogP contribution in [-0.2, 0) is 5.41 Å². The number of allylic oxidation sites excluding steroid dienone is 7. The van der Waals surface area contributed by atoms with Crippen LogP contribution in [0.5, 0.6) is 0 Å². The minimum absolute atomic E-state index is 0.269. The predicted octanol–water partition coefficient (Wildman–Crippen LogP) is 14.1. The third-order valence-corrected chi connectivity index (χ3v) is 9.05. The van der Waals surface area contributed by atoms with E-state index >= 15 is 0 Å². The molecule has 1 heterocycles. The van der Waals surface area contributed by atoms with E-state index in [1.807, 2.05) is 78.9 Å². The van der Waals surface area contributed by atoms with Crippen molar-refractivity contribution in [2.75, 3.05) is 33.2 Å². The number of halogens is 3. The molecule has 1 atom stereocenters. The van der Waals surface area contributed by atoms with E-state index in [1.54, 1.807) is 0 Å². The first-order chi connectivity index (χ1) is 26.8. The zero-order valence-corrected chi connectivity index (χ0v) is 37.5. The summed E-state index contributed by atoms with van der Waals surface area (Å²) in [7, 11) is 1.98. The van der Waals surface area contributed by atoms with E-state index in [0.717, 1.165) is 86.1 Å². The number of nitriles is 1. The molecular formula is C49H81F3N4. The van der Waals surface area contributed by atoms with Crippen LogP contribution in [0.4, 0.5) is 13.2 Å². The van der Waals surface area contributed by atoms with Crippen LogP contribution in [0.2, 0.25) is 0 Å². The first kappa shape index (κ1) is 56.6. The van der Waals surface area contributed by atoms with E-state index in [0.29, 0.717) is 5.70 Å². The molecular weight excluding hydrogens is 702 g/mol. The standard InChI is InChI=1S/C23H26F3N.C12H20N2.C5H13N.C3H8.2C2H6.C2H2/c1-3-4-10-15-22(17(2)27-16-23(24,25)26)20-13-7-5-6-11-18(20)19-12-8-9-14-21(19)22;1-11(9-12(2,3)10-13)14-7-5-4-6-8-14;1-3-4-5-6-2;1-3-2;3*1-2/h5-9,11-12,14,27H,2-4,10,13,15-16H2,1H3;1,4-9H2,2-3H3;6H,3-5H2,1-2H3;3H2,1-2H3;2*1-2H3;1-2H. The highest BCUT2D eigenvalue weighted by atomic mass is 19.4. The monoisotopic (exact) mass is 783 g/mol. The maximum Gasteiger partial charge on any atom is 0.405 e. The quantitative estimate of drug-likeness (QED) is 0.155. The fourth-order valence-corrected chi connectivity index (χ4v) is 6.54. The molecule has 2 N–H and O–H groups in total. The van der Waals surface area contributed by atoms with Crippen molar-refractivity contribution in [1.82, 2.24) is 15.5 Å². The Kier molecular flexibility index (Phi) is 33.8. The number of nitrogens with one attached hydrogen (secondary N) is 2. The molecule has 7 heteroatoms. The largest absolute Gasteiger partial charge is 0.405 e. The second-order valence-electron chi connectivity index (χ2n) is 14.2. The van der Waals surface area contributed by atoms with Crippen LogP contribution in [0.15, 0.2) is 78.7 Å². The van der Waals surface area contributed by atoms with Gasteiger partial charge in [-0.2, -0.15) is 18.4 Å². The van der Waals surface area contributed by atoms with E-state index in [4.69, 9.17) is 5.26 Å². The lowest BCUT2D eigenvalue weighted by Crippen LogP contribution is -2.39. The summed E-state index contributed by atoms with van der Waals surface area (Å²) in [5.41, 5.74) is 5.20. The van der Waals surface area contributed by atoms with E-state index in [-0.39, 0.29) is 5.41 Å². The van der Waals surface area contributed by atoms with Gasteiger partial charge in [-0.1, -0.05) is 149 Å². The van der Waals surface area contributed by atoms with Crippen LogP contribution in [0.3, 0.4) is 0 Å². The Morgan fingerprint density at radius 3 is 1.98 bits per heavy atom. The number of fused-ring (bicyclic) bond motifs is 2. The van der Waals surface area contributed by atoms with Gasteiger partial charge in [0.1, 0.15) is 6.54 Å². The Morgan fingerprint density at radius 1 is 0.911 bits per heavy atom. The lowest BCUT2D eigenvalue weighted by molar-refractivity contribution is -0.123. The molecule has 4 rings (SSSR count). The number of rotatable bonds is 13. The number of hydrogen-bond donors (Lipinski definition) is 2. The summed E-state index contributed by atoms with van der Waals surface area (Å²) in [6.45, 7) is 31.1. The number of likely N-dealkylation sites (tertiary alicyclic amines) is 1. The van der Waals surface area contributed by atoms with Crippen LogP contribution >= 0.6 is 0 Å². The average Bonchev–Trinajstić information content (AvgIpc) is 3.31. The number of piperidine rings is 1. The highest BCUT2D eigenvalue weighted by Gasteiger charge is 2.46. The van der Waals surface area contributed by atoms with Crippen molar-refractivity contribution in [3.63, 3.8) is 0 Å². The summed E-state index contributed by atoms with van der Waals surface area (Å²) in [6, 6.07) is 10.4. The number of terminal acetylenes is 1. The molecule has 1 saturated heterocycles. The Morgan fingerprint density at radius 2 is 1.48 bits per heavy atom. The molecule has 0 saturated carbocycles. The van der Waals surface area contributed by atoms with Crippen LogP contribution in [0, 0.1) is 29.6 Å². The summed E-state index contributed by atoms with van der Waals surface area (Å²) in [6.07, 6.45) is 25.0. The zero-order valence-electron chi connectivity index (χ0n) is 37.5. The Balaban J connectivity index is -0.000000809. The van der Waals surface area contributed by atoms with Gasteiger partial charge in [0, 0.05) is 30.9 Å². The van der Waals surface area contributed by atoms with Crippen molar-refractivity contribution in [2.45, 2.75) is 158 Å². The van der Waals surface area contributed by atoms with Gasteiger partial charge >= 0.3 is 6.18 Å². The number of nitrogens with zero attached hydrogens (tertiary/aromatic N) is 2. The molecule has 4 nitrogen and oxygen atoms in total. The zero-order chi connectivity index (χ0) is 43.6. The Bertz CT molecular complexity index is 1330. The maximum absolute atomic E-state index is 12.9. The Hall–Kier alpha value is -3.68. The second kappa shape index (κ2) is 33.5. The molecule has 1 aliphatic heterocycles. The van der Waals surface area contributed by atoms with Crippen molar-refractivity contribution in [3.8, 4) is 18.9 Å². The van der Waals surface area contributed by atoms with E-state index in [1.165, 1.54) is 38.5 Å². The molecule has 1 unspecified atom stereocenters. The topological polar surface area (TPSA) is 51.1 Å². The lowest BCUT2D eigenvalue weighted by atomic mass is 9.70. The van der Waals surface area contributed by atoms with Gasteiger partial charge in [0.15, 0.2) is 0 Å². The molecule has 2 aliphatic carbocycles. The van der Waals surface area contributed by atoms with Gasteiger partial charge in [-0.15, -0.1) is 12.8 Å². The van der Waals surface area contributed by atoms with E-state index < -0.39 is 18.1 Å². The third kappa shape index (κ3) is 21.0. The molecule has 56 heavy (non-hydrogen) atoms. The van der Waals surface area contributed by atoms with Crippen molar-refractivity contribution in [1.29, 1.82) is 5.26 Å². The molecule has 318 valence electrons. The van der Waals surface area contributed by atoms with E-state index in [2.05, 4.69) is 93.5 Å². The maximum atomic E-state index is 12.9. The highest BCUT2D eigenvalue weighted by molar-refractivity contribution is 5.88. The fourth-order valence-electron chi connectivity index (χ4n) is 6.54. The van der Waals surface area contributed by atoms with Crippen LogP contribution < -0.4 is 10.6 Å². The van der Waals surface area contributed by atoms with Gasteiger partial charge < -0.3 is 15.5 Å². The first-order valence-electron chi connectivity index (χ1n) is 21.3. The number of hydrogen-bond acceptors (Lipinski definition) is 4. The Labute approximate surface area is 343 Å². The van der Waals surface area contributed by atoms with Gasteiger partial charge in [-0.3, -0.25) is 0 Å².